The van der Waals surface area contributed by atoms with Gasteiger partial charge in [0.1, 0.15) is 0 Å². The first-order chi connectivity index (χ1) is 9.02. The maximum Gasteiger partial charge on any atom is 0.317 e. The summed E-state index contributed by atoms with van der Waals surface area (Å²) in [4.78, 5) is 15.4. The molecule has 0 saturated heterocycles. The Morgan fingerprint density at radius 2 is 2.21 bits per heavy atom. The largest absolute Gasteiger partial charge is 0.395 e. The van der Waals surface area contributed by atoms with Crippen molar-refractivity contribution in [1.29, 1.82) is 0 Å². The SMILES string of the molecule is CN(CCO)CCNC(=O)N(C)Cc1cnn(C)c1. The third-order valence-electron chi connectivity index (χ3n) is 2.78. The number of amides is 2. The average molecular weight is 269 g/mol. The number of rotatable bonds is 7. The number of carbonyl (C=O) groups excluding carboxylic acids is 1. The van der Waals surface area contributed by atoms with Crippen LogP contribution in [0.25, 0.3) is 0 Å². The first-order valence-electron chi connectivity index (χ1n) is 6.29. The van der Waals surface area contributed by atoms with Crippen LogP contribution >= 0.6 is 0 Å². The van der Waals surface area contributed by atoms with Crippen molar-refractivity contribution in [3.63, 3.8) is 0 Å². The van der Waals surface area contributed by atoms with Gasteiger partial charge in [-0.1, -0.05) is 0 Å². The second kappa shape index (κ2) is 7.75. The minimum Gasteiger partial charge on any atom is -0.395 e. The van der Waals surface area contributed by atoms with Gasteiger partial charge in [-0.2, -0.15) is 5.10 Å². The van der Waals surface area contributed by atoms with Gasteiger partial charge in [0.15, 0.2) is 0 Å². The molecular weight excluding hydrogens is 246 g/mol. The second-order valence-electron chi connectivity index (χ2n) is 4.64. The summed E-state index contributed by atoms with van der Waals surface area (Å²) in [5, 5.41) is 15.7. The highest BCUT2D eigenvalue weighted by atomic mass is 16.3. The van der Waals surface area contributed by atoms with Gasteiger partial charge in [-0.25, -0.2) is 4.79 Å². The molecule has 108 valence electrons. The highest BCUT2D eigenvalue weighted by molar-refractivity contribution is 5.73. The standard InChI is InChI=1S/C12H23N5O2/c1-15(6-7-18)5-4-13-12(19)16(2)9-11-8-14-17(3)10-11/h8,10,18H,4-7,9H2,1-3H3,(H,13,19). The lowest BCUT2D eigenvalue weighted by atomic mass is 10.3. The van der Waals surface area contributed by atoms with Gasteiger partial charge in [-0.05, 0) is 7.05 Å². The van der Waals surface area contributed by atoms with E-state index in [-0.39, 0.29) is 12.6 Å². The Hall–Kier alpha value is -1.60. The highest BCUT2D eigenvalue weighted by Crippen LogP contribution is 2.00. The monoisotopic (exact) mass is 269 g/mol. The predicted octanol–water partition coefficient (Wildman–Crippen LogP) is -0.514. The number of aromatic nitrogens is 2. The molecule has 0 saturated carbocycles. The van der Waals surface area contributed by atoms with E-state index >= 15 is 0 Å². The average Bonchev–Trinajstić information content (AvgIpc) is 2.75. The fraction of sp³-hybridized carbons (Fsp3) is 0.667. The molecule has 19 heavy (non-hydrogen) atoms. The van der Waals surface area contributed by atoms with Crippen molar-refractivity contribution in [2.45, 2.75) is 6.54 Å². The number of urea groups is 1. The fourth-order valence-electron chi connectivity index (χ4n) is 1.67. The molecule has 2 amide bonds. The molecule has 0 aliphatic heterocycles. The van der Waals surface area contributed by atoms with E-state index in [4.69, 9.17) is 5.11 Å². The molecule has 0 aliphatic carbocycles. The Morgan fingerprint density at radius 3 is 2.79 bits per heavy atom. The van der Waals surface area contributed by atoms with E-state index in [1.165, 1.54) is 0 Å². The molecule has 0 aromatic carbocycles. The number of hydrogen-bond acceptors (Lipinski definition) is 4. The fourth-order valence-corrected chi connectivity index (χ4v) is 1.67. The molecule has 1 rings (SSSR count). The molecule has 1 aromatic rings. The molecule has 1 aromatic heterocycles. The zero-order valence-corrected chi connectivity index (χ0v) is 11.8. The van der Waals surface area contributed by atoms with E-state index in [0.29, 0.717) is 26.2 Å². The summed E-state index contributed by atoms with van der Waals surface area (Å²) >= 11 is 0. The molecule has 7 nitrogen and oxygen atoms in total. The number of likely N-dealkylation sites (N-methyl/N-ethyl adjacent to an activating group) is 1. The Labute approximate surface area is 113 Å². The van der Waals surface area contributed by atoms with Gasteiger partial charge in [0.2, 0.25) is 0 Å². The minimum absolute atomic E-state index is 0.110. The van der Waals surface area contributed by atoms with E-state index in [2.05, 4.69) is 10.4 Å². The van der Waals surface area contributed by atoms with E-state index < -0.39 is 0 Å². The van der Waals surface area contributed by atoms with Crippen LogP contribution in [-0.4, -0.2) is 71.1 Å². The van der Waals surface area contributed by atoms with E-state index in [0.717, 1.165) is 5.56 Å². The number of hydrogen-bond donors (Lipinski definition) is 2. The third-order valence-corrected chi connectivity index (χ3v) is 2.78. The maximum atomic E-state index is 11.8. The van der Waals surface area contributed by atoms with Crippen LogP contribution in [0.1, 0.15) is 5.56 Å². The van der Waals surface area contributed by atoms with Crippen molar-refractivity contribution in [1.82, 2.24) is 24.9 Å². The number of aliphatic hydroxyl groups is 1. The van der Waals surface area contributed by atoms with Gasteiger partial charge in [0.25, 0.3) is 0 Å². The van der Waals surface area contributed by atoms with Crippen LogP contribution in [-0.2, 0) is 13.6 Å². The Balaban J connectivity index is 2.25. The summed E-state index contributed by atoms with van der Waals surface area (Å²) in [6.45, 7) is 2.55. The van der Waals surface area contributed by atoms with Crippen molar-refractivity contribution in [2.75, 3.05) is 40.3 Å². The van der Waals surface area contributed by atoms with Crippen LogP contribution in [0.15, 0.2) is 12.4 Å². The van der Waals surface area contributed by atoms with Crippen molar-refractivity contribution in [2.24, 2.45) is 7.05 Å². The van der Waals surface area contributed by atoms with Gasteiger partial charge >= 0.3 is 6.03 Å². The molecule has 7 heteroatoms. The first-order valence-corrected chi connectivity index (χ1v) is 6.29. The number of aliphatic hydroxyl groups excluding tert-OH is 1. The molecule has 0 radical (unpaired) electrons. The molecule has 0 atom stereocenters. The first kappa shape index (κ1) is 15.5. The lowest BCUT2D eigenvalue weighted by Crippen LogP contribution is -2.40. The molecule has 0 fully saturated rings. The number of nitrogens with one attached hydrogen (secondary N) is 1. The van der Waals surface area contributed by atoms with Gasteiger partial charge in [-0.3, -0.25) is 4.68 Å². The molecule has 2 N–H and O–H groups in total. The predicted molar refractivity (Wildman–Crippen MR) is 72.7 cm³/mol. The maximum absolute atomic E-state index is 11.8. The van der Waals surface area contributed by atoms with Crippen LogP contribution < -0.4 is 5.32 Å². The van der Waals surface area contributed by atoms with Crippen LogP contribution in [0.3, 0.4) is 0 Å². The minimum atomic E-state index is -0.110. The lowest BCUT2D eigenvalue weighted by Gasteiger charge is -2.19. The third kappa shape index (κ3) is 5.71. The summed E-state index contributed by atoms with van der Waals surface area (Å²) in [7, 11) is 5.50. The lowest BCUT2D eigenvalue weighted by molar-refractivity contribution is 0.200. The number of carbonyl (C=O) groups is 1. The second-order valence-corrected chi connectivity index (χ2v) is 4.64. The quantitative estimate of drug-likeness (QED) is 0.699. The molecule has 0 aliphatic rings. The molecular formula is C12H23N5O2. The van der Waals surface area contributed by atoms with Crippen molar-refractivity contribution in [3.05, 3.63) is 18.0 Å². The van der Waals surface area contributed by atoms with Crippen LogP contribution in [0.4, 0.5) is 4.79 Å². The number of nitrogens with zero attached hydrogens (tertiary/aromatic N) is 4. The van der Waals surface area contributed by atoms with Crippen LogP contribution in [0, 0.1) is 0 Å². The molecule has 1 heterocycles. The van der Waals surface area contributed by atoms with Crippen LogP contribution in [0.2, 0.25) is 0 Å². The highest BCUT2D eigenvalue weighted by Gasteiger charge is 2.09. The Morgan fingerprint density at radius 1 is 1.47 bits per heavy atom. The normalized spacial score (nSPS) is 10.8. The van der Waals surface area contributed by atoms with Crippen molar-refractivity contribution >= 4 is 6.03 Å². The summed E-state index contributed by atoms with van der Waals surface area (Å²) in [6, 6.07) is -0.110. The van der Waals surface area contributed by atoms with E-state index in [9.17, 15) is 4.79 Å². The molecule has 0 bridgehead atoms. The van der Waals surface area contributed by atoms with Gasteiger partial charge < -0.3 is 20.2 Å². The summed E-state index contributed by atoms with van der Waals surface area (Å²) < 4.78 is 1.71. The molecule has 0 unspecified atom stereocenters. The van der Waals surface area contributed by atoms with Crippen molar-refractivity contribution in [3.8, 4) is 0 Å². The zero-order chi connectivity index (χ0) is 14.3. The Bertz CT molecular complexity index is 393. The zero-order valence-electron chi connectivity index (χ0n) is 11.8. The number of aryl methyl sites for hydroxylation is 1. The van der Waals surface area contributed by atoms with E-state index in [1.807, 2.05) is 25.2 Å². The topological polar surface area (TPSA) is 73.6 Å². The smallest absolute Gasteiger partial charge is 0.317 e. The van der Waals surface area contributed by atoms with E-state index in [1.54, 1.807) is 22.8 Å². The summed E-state index contributed by atoms with van der Waals surface area (Å²) in [6.07, 6.45) is 3.64. The Kier molecular flexibility index (Phi) is 6.31. The van der Waals surface area contributed by atoms with Gasteiger partial charge in [-0.15, -0.1) is 0 Å². The van der Waals surface area contributed by atoms with Gasteiger partial charge in [0.05, 0.1) is 19.3 Å². The summed E-state index contributed by atoms with van der Waals surface area (Å²) in [5.41, 5.74) is 0.998. The van der Waals surface area contributed by atoms with Crippen LogP contribution in [0.5, 0.6) is 0 Å². The summed E-state index contributed by atoms with van der Waals surface area (Å²) in [5.74, 6) is 0. The van der Waals surface area contributed by atoms with Crippen molar-refractivity contribution < 1.29 is 9.90 Å². The van der Waals surface area contributed by atoms with Gasteiger partial charge in [0, 0.05) is 45.5 Å². The molecule has 0 spiro atoms.